The Balaban J connectivity index is 1.74. The molecule has 1 fully saturated rings. The van der Waals surface area contributed by atoms with Gasteiger partial charge in [0.1, 0.15) is 10.6 Å². The third-order valence-electron chi connectivity index (χ3n) is 4.66. The van der Waals surface area contributed by atoms with Crippen molar-refractivity contribution in [2.24, 2.45) is 0 Å². The molecule has 8 nitrogen and oxygen atoms in total. The van der Waals surface area contributed by atoms with Crippen molar-refractivity contribution in [2.75, 3.05) is 26.2 Å². The van der Waals surface area contributed by atoms with Crippen molar-refractivity contribution >= 4 is 15.9 Å². The molecular weight excluding hydrogens is 425 g/mol. The van der Waals surface area contributed by atoms with Gasteiger partial charge < -0.3 is 4.90 Å². The fourth-order valence-corrected chi connectivity index (χ4v) is 4.55. The zero-order valence-corrected chi connectivity index (χ0v) is 16.8. The number of halogens is 3. The molecule has 0 N–H and O–H groups in total. The minimum Gasteiger partial charge on any atom is -0.335 e. The quantitative estimate of drug-likeness (QED) is 0.647. The lowest BCUT2D eigenvalue weighted by Crippen LogP contribution is -2.51. The van der Waals surface area contributed by atoms with Crippen LogP contribution in [0.1, 0.15) is 23.8 Å². The van der Waals surface area contributed by atoms with E-state index in [2.05, 4.69) is 5.10 Å². The Bertz CT molecular complexity index is 1130. The molecule has 12 heteroatoms. The Morgan fingerprint density at radius 3 is 2.33 bits per heavy atom. The predicted molar refractivity (Wildman–Crippen MR) is 99.8 cm³/mol. The average molecular weight is 444 g/mol. The van der Waals surface area contributed by atoms with E-state index in [0.29, 0.717) is 25.1 Å². The van der Waals surface area contributed by atoms with E-state index < -0.39 is 38.3 Å². The highest BCUT2D eigenvalue weighted by Gasteiger charge is 2.34. The average Bonchev–Trinajstić information content (AvgIpc) is 2.73. The van der Waals surface area contributed by atoms with Crippen LogP contribution in [0.3, 0.4) is 0 Å². The summed E-state index contributed by atoms with van der Waals surface area (Å²) < 4.78 is 67.8. The molecule has 1 aliphatic heterocycles. The zero-order valence-electron chi connectivity index (χ0n) is 16.0. The van der Waals surface area contributed by atoms with Gasteiger partial charge in [0.05, 0.1) is 0 Å². The van der Waals surface area contributed by atoms with Gasteiger partial charge in [-0.2, -0.15) is 9.40 Å². The van der Waals surface area contributed by atoms with Gasteiger partial charge in [-0.25, -0.2) is 26.3 Å². The van der Waals surface area contributed by atoms with E-state index in [9.17, 15) is 31.2 Å². The Hall–Kier alpha value is -2.73. The SMILES string of the molecule is CCCn1nc(C(=O)N2CCN(S(=O)(=O)c3ccc(F)c(F)c3F)CC2)ccc1=O. The van der Waals surface area contributed by atoms with Crippen LogP contribution in [-0.2, 0) is 16.6 Å². The first kappa shape index (κ1) is 22.0. The number of aryl methyl sites for hydroxylation is 1. The van der Waals surface area contributed by atoms with E-state index in [0.717, 1.165) is 4.31 Å². The van der Waals surface area contributed by atoms with Crippen LogP contribution in [0.5, 0.6) is 0 Å². The smallest absolute Gasteiger partial charge is 0.274 e. The number of carbonyl (C=O) groups excluding carboxylic acids is 1. The highest BCUT2D eigenvalue weighted by atomic mass is 32.2. The van der Waals surface area contributed by atoms with E-state index in [-0.39, 0.29) is 37.4 Å². The highest BCUT2D eigenvalue weighted by molar-refractivity contribution is 7.89. The molecule has 162 valence electrons. The van der Waals surface area contributed by atoms with Crippen LogP contribution in [0.2, 0.25) is 0 Å². The van der Waals surface area contributed by atoms with Gasteiger partial charge in [-0.05, 0) is 24.6 Å². The van der Waals surface area contributed by atoms with Crippen molar-refractivity contribution in [3.63, 3.8) is 0 Å². The predicted octanol–water partition coefficient (Wildman–Crippen LogP) is 1.22. The molecule has 1 saturated heterocycles. The summed E-state index contributed by atoms with van der Waals surface area (Å²) in [6.45, 7) is 1.85. The number of benzene rings is 1. The molecule has 30 heavy (non-hydrogen) atoms. The summed E-state index contributed by atoms with van der Waals surface area (Å²) >= 11 is 0. The Kier molecular flexibility index (Phi) is 6.27. The molecule has 1 aliphatic rings. The number of sulfonamides is 1. The standard InChI is InChI=1S/C18H19F3N4O4S/c1-2-7-25-15(26)6-4-13(22-25)18(27)23-8-10-24(11-9-23)30(28,29)14-5-3-12(19)16(20)17(14)21/h3-6H,2,7-11H2,1H3. The minimum absolute atomic E-state index is 0.0159. The van der Waals surface area contributed by atoms with Crippen LogP contribution in [0.25, 0.3) is 0 Å². The number of carbonyl (C=O) groups is 1. The summed E-state index contributed by atoms with van der Waals surface area (Å²) in [4.78, 5) is 24.8. The molecule has 3 rings (SSSR count). The van der Waals surface area contributed by atoms with Crippen molar-refractivity contribution in [1.82, 2.24) is 19.0 Å². The molecule has 1 aromatic heterocycles. The maximum atomic E-state index is 14.0. The normalized spacial score (nSPS) is 15.4. The summed E-state index contributed by atoms with van der Waals surface area (Å²) in [5, 5.41) is 4.04. The van der Waals surface area contributed by atoms with Crippen molar-refractivity contribution in [1.29, 1.82) is 0 Å². The molecule has 1 aromatic carbocycles. The molecule has 0 spiro atoms. The molecule has 0 saturated carbocycles. The van der Waals surface area contributed by atoms with Crippen LogP contribution in [-0.4, -0.2) is 59.5 Å². The van der Waals surface area contributed by atoms with Gasteiger partial charge in [-0.1, -0.05) is 6.92 Å². The van der Waals surface area contributed by atoms with Crippen LogP contribution in [0, 0.1) is 17.5 Å². The van der Waals surface area contributed by atoms with Crippen molar-refractivity contribution in [3.8, 4) is 0 Å². The van der Waals surface area contributed by atoms with Crippen LogP contribution < -0.4 is 5.56 Å². The van der Waals surface area contributed by atoms with Crippen molar-refractivity contribution in [2.45, 2.75) is 24.8 Å². The number of aromatic nitrogens is 2. The van der Waals surface area contributed by atoms with Gasteiger partial charge in [0, 0.05) is 38.8 Å². The molecule has 2 heterocycles. The second-order valence-corrected chi connectivity index (χ2v) is 8.56. The maximum Gasteiger partial charge on any atom is 0.274 e. The lowest BCUT2D eigenvalue weighted by Gasteiger charge is -2.33. The first-order chi connectivity index (χ1) is 14.2. The Morgan fingerprint density at radius 1 is 1.03 bits per heavy atom. The van der Waals surface area contributed by atoms with Gasteiger partial charge in [-0.15, -0.1) is 0 Å². The number of hydrogen-bond acceptors (Lipinski definition) is 5. The van der Waals surface area contributed by atoms with Crippen molar-refractivity contribution in [3.05, 3.63) is 57.8 Å². The minimum atomic E-state index is -4.41. The number of rotatable bonds is 5. The molecule has 1 amide bonds. The molecule has 0 atom stereocenters. The number of piperazine rings is 1. The second kappa shape index (κ2) is 8.56. The van der Waals surface area contributed by atoms with Crippen LogP contribution in [0.4, 0.5) is 13.2 Å². The van der Waals surface area contributed by atoms with Crippen LogP contribution >= 0.6 is 0 Å². The number of hydrogen-bond donors (Lipinski definition) is 0. The van der Waals surface area contributed by atoms with E-state index in [1.54, 1.807) is 0 Å². The summed E-state index contributed by atoms with van der Waals surface area (Å²) in [5.41, 5.74) is -0.288. The lowest BCUT2D eigenvalue weighted by atomic mass is 10.3. The number of nitrogens with zero attached hydrogens (tertiary/aromatic N) is 4. The van der Waals surface area contributed by atoms with E-state index >= 15 is 0 Å². The van der Waals surface area contributed by atoms with Gasteiger partial charge >= 0.3 is 0 Å². The third-order valence-corrected chi connectivity index (χ3v) is 6.58. The van der Waals surface area contributed by atoms with Crippen LogP contribution in [0.15, 0.2) is 34.0 Å². The number of amides is 1. The summed E-state index contributed by atoms with van der Waals surface area (Å²) in [6.07, 6.45) is 0.654. The lowest BCUT2D eigenvalue weighted by molar-refractivity contribution is 0.0688. The monoisotopic (exact) mass is 444 g/mol. The molecule has 2 aromatic rings. The molecule has 0 bridgehead atoms. The topological polar surface area (TPSA) is 92.6 Å². The third kappa shape index (κ3) is 4.10. The van der Waals surface area contributed by atoms with Gasteiger partial charge in [0.2, 0.25) is 10.0 Å². The molecule has 0 aliphatic carbocycles. The first-order valence-electron chi connectivity index (χ1n) is 9.18. The highest BCUT2D eigenvalue weighted by Crippen LogP contribution is 2.24. The van der Waals surface area contributed by atoms with E-state index in [1.165, 1.54) is 21.7 Å². The van der Waals surface area contributed by atoms with Gasteiger partial charge in [-0.3, -0.25) is 9.59 Å². The zero-order chi connectivity index (χ0) is 22.1. The largest absolute Gasteiger partial charge is 0.335 e. The second-order valence-electron chi connectivity index (χ2n) is 6.65. The first-order valence-corrected chi connectivity index (χ1v) is 10.6. The fraction of sp³-hybridized carbons (Fsp3) is 0.389. The Morgan fingerprint density at radius 2 is 1.70 bits per heavy atom. The summed E-state index contributed by atoms with van der Waals surface area (Å²) in [6, 6.07) is 3.75. The van der Waals surface area contributed by atoms with Gasteiger partial charge in [0.25, 0.3) is 11.5 Å². The summed E-state index contributed by atoms with van der Waals surface area (Å²) in [5.74, 6) is -5.61. The fourth-order valence-electron chi connectivity index (χ4n) is 3.08. The molecule has 0 unspecified atom stereocenters. The Labute approximate surface area is 170 Å². The molecular formula is C18H19F3N4O4S. The van der Waals surface area contributed by atoms with E-state index in [1.807, 2.05) is 6.92 Å². The van der Waals surface area contributed by atoms with Gasteiger partial charge in [0.15, 0.2) is 17.5 Å². The summed E-state index contributed by atoms with van der Waals surface area (Å²) in [7, 11) is -4.41. The van der Waals surface area contributed by atoms with E-state index in [4.69, 9.17) is 0 Å². The maximum absolute atomic E-state index is 14.0. The molecule has 0 radical (unpaired) electrons. The van der Waals surface area contributed by atoms with Crippen molar-refractivity contribution < 1.29 is 26.4 Å².